The lowest BCUT2D eigenvalue weighted by atomic mass is 10.1. The fourth-order valence-electron chi connectivity index (χ4n) is 2.73. The summed E-state index contributed by atoms with van der Waals surface area (Å²) >= 11 is 0. The summed E-state index contributed by atoms with van der Waals surface area (Å²) < 4.78 is 28.4. The summed E-state index contributed by atoms with van der Waals surface area (Å²) in [5.41, 5.74) is 3.37. The molecular formula is C21H28N2O3S. The number of amides is 1. The van der Waals surface area contributed by atoms with Crippen LogP contribution in [0.5, 0.6) is 0 Å². The molecule has 0 aliphatic rings. The summed E-state index contributed by atoms with van der Waals surface area (Å²) in [6, 6.07) is 10.3. The molecule has 0 aliphatic heterocycles. The van der Waals surface area contributed by atoms with Gasteiger partial charge in [-0.25, -0.2) is 8.42 Å². The average molecular weight is 389 g/mol. The van der Waals surface area contributed by atoms with Gasteiger partial charge in [0, 0.05) is 17.3 Å². The third kappa shape index (κ3) is 5.32. The highest BCUT2D eigenvalue weighted by Crippen LogP contribution is 2.22. The molecule has 0 aromatic heterocycles. The summed E-state index contributed by atoms with van der Waals surface area (Å²) in [5, 5.41) is 2.90. The number of benzene rings is 2. The topological polar surface area (TPSA) is 75.3 Å². The molecule has 2 aromatic carbocycles. The van der Waals surface area contributed by atoms with Gasteiger partial charge in [0.2, 0.25) is 0 Å². The van der Waals surface area contributed by atoms with Crippen LogP contribution < -0.4 is 10.0 Å². The Balaban J connectivity index is 2.35. The SMILES string of the molecule is Cc1cc(C)cc(NS(=O)(=O)c2cc(C(=O)N[C@@H](C)C(C)C)ccc2C)c1. The first-order valence-corrected chi connectivity index (χ1v) is 10.5. The first kappa shape index (κ1) is 21.0. The van der Waals surface area contributed by atoms with Gasteiger partial charge >= 0.3 is 0 Å². The molecular weight excluding hydrogens is 360 g/mol. The molecule has 0 fully saturated rings. The van der Waals surface area contributed by atoms with E-state index in [9.17, 15) is 13.2 Å². The average Bonchev–Trinajstić information content (AvgIpc) is 2.53. The van der Waals surface area contributed by atoms with Crippen LogP contribution in [-0.2, 0) is 10.0 Å². The smallest absolute Gasteiger partial charge is 0.262 e. The number of aryl methyl sites for hydroxylation is 3. The minimum atomic E-state index is -3.81. The maximum absolute atomic E-state index is 12.9. The fourth-order valence-corrected chi connectivity index (χ4v) is 4.04. The quantitative estimate of drug-likeness (QED) is 0.779. The van der Waals surface area contributed by atoms with Crippen molar-refractivity contribution in [2.75, 3.05) is 4.72 Å². The lowest BCUT2D eigenvalue weighted by molar-refractivity contribution is 0.0930. The largest absolute Gasteiger partial charge is 0.349 e. The van der Waals surface area contributed by atoms with Gasteiger partial charge in [0.1, 0.15) is 0 Å². The molecule has 0 heterocycles. The molecule has 27 heavy (non-hydrogen) atoms. The van der Waals surface area contributed by atoms with Crippen molar-refractivity contribution in [2.45, 2.75) is 52.5 Å². The van der Waals surface area contributed by atoms with Crippen molar-refractivity contribution < 1.29 is 13.2 Å². The molecule has 2 N–H and O–H groups in total. The number of rotatable bonds is 6. The highest BCUT2D eigenvalue weighted by atomic mass is 32.2. The van der Waals surface area contributed by atoms with E-state index >= 15 is 0 Å². The van der Waals surface area contributed by atoms with Gasteiger partial charge in [-0.2, -0.15) is 0 Å². The molecule has 6 heteroatoms. The Bertz CT molecular complexity index is 930. The maximum atomic E-state index is 12.9. The highest BCUT2D eigenvalue weighted by Gasteiger charge is 2.20. The Labute approximate surface area is 162 Å². The van der Waals surface area contributed by atoms with Crippen LogP contribution in [-0.4, -0.2) is 20.4 Å². The van der Waals surface area contributed by atoms with E-state index in [4.69, 9.17) is 0 Å². The lowest BCUT2D eigenvalue weighted by Gasteiger charge is -2.18. The lowest BCUT2D eigenvalue weighted by Crippen LogP contribution is -2.36. The zero-order valence-corrected chi connectivity index (χ0v) is 17.6. The van der Waals surface area contributed by atoms with Crippen molar-refractivity contribution in [1.82, 2.24) is 5.32 Å². The second-order valence-corrected chi connectivity index (χ2v) is 9.12. The van der Waals surface area contributed by atoms with Crippen LogP contribution >= 0.6 is 0 Å². The normalized spacial score (nSPS) is 12.7. The van der Waals surface area contributed by atoms with Crippen molar-refractivity contribution in [2.24, 2.45) is 5.92 Å². The molecule has 0 aliphatic carbocycles. The molecule has 0 unspecified atom stereocenters. The molecule has 0 spiro atoms. The van der Waals surface area contributed by atoms with Gasteiger partial charge < -0.3 is 5.32 Å². The van der Waals surface area contributed by atoms with Gasteiger partial charge in [-0.05, 0) is 74.6 Å². The van der Waals surface area contributed by atoms with Gasteiger partial charge in [-0.3, -0.25) is 9.52 Å². The van der Waals surface area contributed by atoms with Gasteiger partial charge in [0.15, 0.2) is 0 Å². The first-order chi connectivity index (χ1) is 12.5. The standard InChI is InChI=1S/C21H28N2O3S/c1-13(2)17(6)22-21(24)18-8-7-16(5)20(12-18)27(25,26)23-19-10-14(3)9-15(4)11-19/h7-13,17,23H,1-6H3,(H,22,24)/t17-/m0/s1. The van der Waals surface area contributed by atoms with E-state index in [0.717, 1.165) is 11.1 Å². The van der Waals surface area contributed by atoms with Crippen LogP contribution in [0, 0.1) is 26.7 Å². The monoisotopic (exact) mass is 388 g/mol. The van der Waals surface area contributed by atoms with Crippen LogP contribution in [0.1, 0.15) is 47.8 Å². The number of hydrogen-bond donors (Lipinski definition) is 2. The second-order valence-electron chi connectivity index (χ2n) is 7.47. The minimum absolute atomic E-state index is 0.00717. The van der Waals surface area contributed by atoms with Gasteiger partial charge in [0.05, 0.1) is 4.90 Å². The third-order valence-corrected chi connectivity index (χ3v) is 6.10. The van der Waals surface area contributed by atoms with E-state index in [0.29, 0.717) is 16.8 Å². The van der Waals surface area contributed by atoms with E-state index in [1.54, 1.807) is 31.2 Å². The highest BCUT2D eigenvalue weighted by molar-refractivity contribution is 7.92. The number of carbonyl (C=O) groups excluding carboxylic acids is 1. The Morgan fingerprint density at radius 1 is 0.926 bits per heavy atom. The molecule has 1 atom stereocenters. The summed E-state index contributed by atoms with van der Waals surface area (Å²) in [5.74, 6) is 0.00729. The number of sulfonamides is 1. The van der Waals surface area contributed by atoms with E-state index in [-0.39, 0.29) is 22.8 Å². The summed E-state index contributed by atoms with van der Waals surface area (Å²) in [6.07, 6.45) is 0. The molecule has 1 amide bonds. The molecule has 0 saturated heterocycles. The van der Waals surface area contributed by atoms with Crippen LogP contribution in [0.4, 0.5) is 5.69 Å². The third-order valence-electron chi connectivity index (χ3n) is 4.57. The van der Waals surface area contributed by atoms with E-state index in [1.165, 1.54) is 6.07 Å². The molecule has 0 bridgehead atoms. The van der Waals surface area contributed by atoms with Gasteiger partial charge in [-0.1, -0.05) is 26.0 Å². The van der Waals surface area contributed by atoms with Crippen molar-refractivity contribution >= 4 is 21.6 Å². The Morgan fingerprint density at radius 3 is 2.07 bits per heavy atom. The molecule has 0 saturated carbocycles. The summed E-state index contributed by atoms with van der Waals surface area (Å²) in [4.78, 5) is 12.6. The zero-order chi connectivity index (χ0) is 20.4. The number of nitrogens with one attached hydrogen (secondary N) is 2. The number of anilines is 1. The molecule has 2 aromatic rings. The number of hydrogen-bond acceptors (Lipinski definition) is 3. The van der Waals surface area contributed by atoms with E-state index < -0.39 is 10.0 Å². The summed E-state index contributed by atoms with van der Waals surface area (Å²) in [6.45, 7) is 11.5. The predicted octanol–water partition coefficient (Wildman–Crippen LogP) is 4.19. The summed E-state index contributed by atoms with van der Waals surface area (Å²) in [7, 11) is -3.81. The van der Waals surface area contributed by atoms with Crippen molar-refractivity contribution in [3.8, 4) is 0 Å². The van der Waals surface area contributed by atoms with Gasteiger partial charge in [0.25, 0.3) is 15.9 Å². The van der Waals surface area contributed by atoms with Crippen LogP contribution in [0.25, 0.3) is 0 Å². The van der Waals surface area contributed by atoms with E-state index in [1.807, 2.05) is 40.7 Å². The fraction of sp³-hybridized carbons (Fsp3) is 0.381. The second kappa shape index (κ2) is 8.13. The van der Waals surface area contributed by atoms with Crippen LogP contribution in [0.3, 0.4) is 0 Å². The molecule has 146 valence electrons. The minimum Gasteiger partial charge on any atom is -0.349 e. The Kier molecular flexibility index (Phi) is 6.31. The Morgan fingerprint density at radius 2 is 1.52 bits per heavy atom. The maximum Gasteiger partial charge on any atom is 0.262 e. The first-order valence-electron chi connectivity index (χ1n) is 9.02. The number of carbonyl (C=O) groups is 1. The Hall–Kier alpha value is -2.34. The van der Waals surface area contributed by atoms with Crippen molar-refractivity contribution in [3.63, 3.8) is 0 Å². The van der Waals surface area contributed by atoms with E-state index in [2.05, 4.69) is 10.0 Å². The van der Waals surface area contributed by atoms with Crippen molar-refractivity contribution in [1.29, 1.82) is 0 Å². The van der Waals surface area contributed by atoms with Gasteiger partial charge in [-0.15, -0.1) is 0 Å². The molecule has 0 radical (unpaired) electrons. The molecule has 2 rings (SSSR count). The zero-order valence-electron chi connectivity index (χ0n) is 16.8. The van der Waals surface area contributed by atoms with Crippen LogP contribution in [0.15, 0.2) is 41.3 Å². The molecule has 5 nitrogen and oxygen atoms in total. The van der Waals surface area contributed by atoms with Crippen molar-refractivity contribution in [3.05, 3.63) is 58.7 Å². The van der Waals surface area contributed by atoms with Crippen LogP contribution in [0.2, 0.25) is 0 Å². The predicted molar refractivity (Wildman–Crippen MR) is 110 cm³/mol.